The van der Waals surface area contributed by atoms with Gasteiger partial charge >= 0.3 is 0 Å². The molecule has 1 unspecified atom stereocenters. The third kappa shape index (κ3) is 3.91. The summed E-state index contributed by atoms with van der Waals surface area (Å²) in [6.45, 7) is 1.97. The van der Waals surface area contributed by atoms with Crippen LogP contribution in [-0.4, -0.2) is 16.2 Å². The van der Waals surface area contributed by atoms with Crippen molar-refractivity contribution < 1.29 is 5.11 Å². The van der Waals surface area contributed by atoms with Crippen molar-refractivity contribution in [3.63, 3.8) is 0 Å². The summed E-state index contributed by atoms with van der Waals surface area (Å²) >= 11 is 1.62. The normalized spacial score (nSPS) is 12.4. The summed E-state index contributed by atoms with van der Waals surface area (Å²) in [5.41, 5.74) is 0.987. The number of aliphatic hydroxyl groups excluding tert-OH is 1. The van der Waals surface area contributed by atoms with Crippen molar-refractivity contribution in [1.29, 1.82) is 0 Å². The molecule has 0 aliphatic heterocycles. The van der Waals surface area contributed by atoms with E-state index in [1.807, 2.05) is 12.3 Å². The second kappa shape index (κ2) is 5.79. The number of thiazole rings is 1. The molecule has 1 atom stereocenters. The minimum absolute atomic E-state index is 0.301. The molecule has 0 saturated heterocycles. The van der Waals surface area contributed by atoms with Crippen LogP contribution < -0.4 is 0 Å². The molecule has 0 radical (unpaired) electrons. The number of hydrogen-bond acceptors (Lipinski definition) is 3. The van der Waals surface area contributed by atoms with Gasteiger partial charge in [0.1, 0.15) is 0 Å². The predicted octanol–water partition coefficient (Wildman–Crippen LogP) is 2.16. The molecule has 1 N–H and O–H groups in total. The predicted molar refractivity (Wildman–Crippen MR) is 59.2 cm³/mol. The molecule has 0 saturated carbocycles. The maximum Gasteiger partial charge on any atom is 0.0897 e. The first-order valence-electron chi connectivity index (χ1n) is 4.75. The first kappa shape index (κ1) is 11.2. The van der Waals surface area contributed by atoms with E-state index in [0.717, 1.165) is 30.0 Å². The highest BCUT2D eigenvalue weighted by Gasteiger charge is 2.07. The number of hydrogen-bond donors (Lipinski definition) is 1. The Kier molecular flexibility index (Phi) is 4.64. The van der Waals surface area contributed by atoms with Crippen molar-refractivity contribution in [1.82, 2.24) is 4.98 Å². The molecule has 0 fully saturated rings. The number of aliphatic hydroxyl groups is 1. The highest BCUT2D eigenvalue weighted by Crippen LogP contribution is 2.12. The van der Waals surface area contributed by atoms with Gasteiger partial charge in [0.15, 0.2) is 0 Å². The Morgan fingerprint density at radius 2 is 2.50 bits per heavy atom. The fourth-order valence-electron chi connectivity index (χ4n) is 1.29. The Hall–Kier alpha value is -0.850. The summed E-state index contributed by atoms with van der Waals surface area (Å²) in [7, 11) is 0. The molecule has 1 aromatic heterocycles. The lowest BCUT2D eigenvalue weighted by Gasteiger charge is -2.06. The van der Waals surface area contributed by atoms with Crippen LogP contribution in [0.5, 0.6) is 0 Å². The summed E-state index contributed by atoms with van der Waals surface area (Å²) in [4.78, 5) is 4.30. The molecule has 0 bridgehead atoms. The van der Waals surface area contributed by atoms with Gasteiger partial charge in [0.05, 0.1) is 16.8 Å². The highest BCUT2D eigenvalue weighted by molar-refractivity contribution is 7.09. The molecule has 1 aromatic rings. The zero-order valence-electron chi connectivity index (χ0n) is 8.36. The fraction of sp³-hybridized carbons (Fsp3) is 0.545. The van der Waals surface area contributed by atoms with Gasteiger partial charge < -0.3 is 5.11 Å². The minimum Gasteiger partial charge on any atom is -0.393 e. The smallest absolute Gasteiger partial charge is 0.0897 e. The number of nitrogens with zero attached hydrogens (tertiary/aromatic N) is 1. The number of rotatable bonds is 5. The quantitative estimate of drug-likeness (QED) is 0.595. The first-order chi connectivity index (χ1) is 6.72. The van der Waals surface area contributed by atoms with Crippen LogP contribution >= 0.6 is 11.3 Å². The third-order valence-electron chi connectivity index (χ3n) is 1.97. The van der Waals surface area contributed by atoms with E-state index in [1.54, 1.807) is 11.3 Å². The summed E-state index contributed by atoms with van der Waals surface area (Å²) in [5.74, 6) is 2.57. The van der Waals surface area contributed by atoms with Crippen LogP contribution in [0.3, 0.4) is 0 Å². The van der Waals surface area contributed by atoms with Crippen LogP contribution in [0.2, 0.25) is 0 Å². The highest BCUT2D eigenvalue weighted by atomic mass is 32.1. The van der Waals surface area contributed by atoms with Crippen molar-refractivity contribution in [2.24, 2.45) is 0 Å². The van der Waals surface area contributed by atoms with Crippen LogP contribution in [0.15, 0.2) is 5.38 Å². The maximum atomic E-state index is 9.63. The van der Waals surface area contributed by atoms with E-state index in [0.29, 0.717) is 6.42 Å². The Morgan fingerprint density at radius 1 is 1.71 bits per heavy atom. The SMILES string of the molecule is C#CCCCC(O)Cc1csc(C)n1. The lowest BCUT2D eigenvalue weighted by molar-refractivity contribution is 0.161. The van der Waals surface area contributed by atoms with Crippen LogP contribution in [0.4, 0.5) is 0 Å². The van der Waals surface area contributed by atoms with E-state index >= 15 is 0 Å². The second-order valence-electron chi connectivity index (χ2n) is 3.31. The van der Waals surface area contributed by atoms with E-state index in [-0.39, 0.29) is 6.10 Å². The average molecular weight is 209 g/mol. The van der Waals surface area contributed by atoms with Crippen LogP contribution in [0.1, 0.15) is 30.0 Å². The first-order valence-corrected chi connectivity index (χ1v) is 5.63. The van der Waals surface area contributed by atoms with Crippen LogP contribution in [0.25, 0.3) is 0 Å². The standard InChI is InChI=1S/C11H15NOS/c1-3-4-5-6-11(13)7-10-8-14-9(2)12-10/h1,8,11,13H,4-7H2,2H3. The lowest BCUT2D eigenvalue weighted by atomic mass is 10.1. The Bertz CT molecular complexity index is 313. The Balaban J connectivity index is 2.27. The molecule has 0 aromatic carbocycles. The topological polar surface area (TPSA) is 33.1 Å². The van der Waals surface area contributed by atoms with Crippen molar-refractivity contribution >= 4 is 11.3 Å². The number of aromatic nitrogens is 1. The van der Waals surface area contributed by atoms with E-state index in [1.165, 1.54) is 0 Å². The van der Waals surface area contributed by atoms with Gasteiger partial charge in [-0.15, -0.1) is 23.7 Å². The number of terminal acetylenes is 1. The van der Waals surface area contributed by atoms with Crippen molar-refractivity contribution in [2.75, 3.05) is 0 Å². The molecule has 3 heteroatoms. The summed E-state index contributed by atoms with van der Waals surface area (Å²) in [6.07, 6.45) is 7.87. The van der Waals surface area contributed by atoms with E-state index in [9.17, 15) is 5.11 Å². The third-order valence-corrected chi connectivity index (χ3v) is 2.79. The summed E-state index contributed by atoms with van der Waals surface area (Å²) in [5, 5.41) is 12.7. The van der Waals surface area contributed by atoms with Gasteiger partial charge in [-0.25, -0.2) is 4.98 Å². The van der Waals surface area contributed by atoms with Gasteiger partial charge in [0.25, 0.3) is 0 Å². The molecule has 76 valence electrons. The Labute approximate surface area is 89.0 Å². The molecule has 0 amide bonds. The minimum atomic E-state index is -0.301. The zero-order chi connectivity index (χ0) is 10.4. The van der Waals surface area contributed by atoms with Crippen molar-refractivity contribution in [3.05, 3.63) is 16.1 Å². The van der Waals surface area contributed by atoms with Crippen molar-refractivity contribution in [3.8, 4) is 12.3 Å². The zero-order valence-corrected chi connectivity index (χ0v) is 9.18. The molecule has 14 heavy (non-hydrogen) atoms. The molecular weight excluding hydrogens is 194 g/mol. The van der Waals surface area contributed by atoms with Crippen LogP contribution in [0, 0.1) is 19.3 Å². The van der Waals surface area contributed by atoms with Gasteiger partial charge in [-0.2, -0.15) is 0 Å². The molecule has 0 spiro atoms. The van der Waals surface area contributed by atoms with Gasteiger partial charge in [0, 0.05) is 18.2 Å². The van der Waals surface area contributed by atoms with E-state index < -0.39 is 0 Å². The maximum absolute atomic E-state index is 9.63. The molecular formula is C11H15NOS. The largest absolute Gasteiger partial charge is 0.393 e. The average Bonchev–Trinajstić information content (AvgIpc) is 2.52. The van der Waals surface area contributed by atoms with E-state index in [4.69, 9.17) is 6.42 Å². The summed E-state index contributed by atoms with van der Waals surface area (Å²) < 4.78 is 0. The molecule has 0 aliphatic carbocycles. The Morgan fingerprint density at radius 3 is 3.07 bits per heavy atom. The van der Waals surface area contributed by atoms with Crippen LogP contribution in [-0.2, 0) is 6.42 Å². The molecule has 1 heterocycles. The number of unbranched alkanes of at least 4 members (excludes halogenated alkanes) is 1. The van der Waals surface area contributed by atoms with Gasteiger partial charge in [0.2, 0.25) is 0 Å². The molecule has 0 aliphatic rings. The van der Waals surface area contributed by atoms with Gasteiger partial charge in [-0.1, -0.05) is 0 Å². The molecule has 1 rings (SSSR count). The fourth-order valence-corrected chi connectivity index (χ4v) is 1.91. The monoisotopic (exact) mass is 209 g/mol. The summed E-state index contributed by atoms with van der Waals surface area (Å²) in [6, 6.07) is 0. The number of aryl methyl sites for hydroxylation is 1. The van der Waals surface area contributed by atoms with Gasteiger partial charge in [-0.3, -0.25) is 0 Å². The van der Waals surface area contributed by atoms with Crippen molar-refractivity contribution in [2.45, 2.75) is 38.7 Å². The molecule has 2 nitrogen and oxygen atoms in total. The van der Waals surface area contributed by atoms with E-state index in [2.05, 4.69) is 10.9 Å². The van der Waals surface area contributed by atoms with Gasteiger partial charge in [-0.05, 0) is 19.8 Å². The second-order valence-corrected chi connectivity index (χ2v) is 4.37. The lowest BCUT2D eigenvalue weighted by Crippen LogP contribution is -2.10.